The van der Waals surface area contributed by atoms with Crippen LogP contribution in [0.2, 0.25) is 5.02 Å². The first-order valence-electron chi connectivity index (χ1n) is 5.89. The summed E-state index contributed by atoms with van der Waals surface area (Å²) in [5, 5.41) is 0.580. The highest BCUT2D eigenvalue weighted by Crippen LogP contribution is 2.32. The lowest BCUT2D eigenvalue weighted by Crippen LogP contribution is -2.34. The summed E-state index contributed by atoms with van der Waals surface area (Å²) in [4.78, 5) is 10.6. The number of nitrogens with one attached hydrogen (secondary N) is 1. The summed E-state index contributed by atoms with van der Waals surface area (Å²) < 4.78 is 0. The van der Waals surface area contributed by atoms with Gasteiger partial charge < -0.3 is 4.90 Å². The predicted molar refractivity (Wildman–Crippen MR) is 70.1 cm³/mol. The number of rotatable bonds is 3. The fourth-order valence-corrected chi connectivity index (χ4v) is 2.58. The zero-order valence-corrected chi connectivity index (χ0v) is 10.9. The van der Waals surface area contributed by atoms with Gasteiger partial charge in [0.25, 0.3) is 0 Å². The monoisotopic (exact) mass is 255 g/mol. The van der Waals surface area contributed by atoms with Crippen LogP contribution in [0.25, 0.3) is 0 Å². The highest BCUT2D eigenvalue weighted by molar-refractivity contribution is 6.32. The van der Waals surface area contributed by atoms with Crippen molar-refractivity contribution >= 4 is 23.4 Å². The van der Waals surface area contributed by atoms with E-state index < -0.39 is 0 Å². The third kappa shape index (κ3) is 2.45. The van der Waals surface area contributed by atoms with E-state index >= 15 is 0 Å². The van der Waals surface area contributed by atoms with Gasteiger partial charge in [0.2, 0.25) is 5.95 Å². The lowest BCUT2D eigenvalue weighted by Gasteiger charge is -2.29. The van der Waals surface area contributed by atoms with E-state index in [0.717, 1.165) is 12.4 Å². The molecule has 6 heteroatoms. The van der Waals surface area contributed by atoms with Crippen LogP contribution < -0.4 is 16.2 Å². The molecule has 1 atom stereocenters. The molecule has 0 spiro atoms. The minimum absolute atomic E-state index is 0.402. The van der Waals surface area contributed by atoms with Gasteiger partial charge >= 0.3 is 0 Å². The fourth-order valence-electron chi connectivity index (χ4n) is 2.38. The van der Waals surface area contributed by atoms with Crippen molar-refractivity contribution in [3.63, 3.8) is 0 Å². The molecule has 94 valence electrons. The van der Waals surface area contributed by atoms with Gasteiger partial charge in [-0.3, -0.25) is 5.43 Å². The summed E-state index contributed by atoms with van der Waals surface area (Å²) in [6.07, 6.45) is 3.95. The highest BCUT2D eigenvalue weighted by Gasteiger charge is 2.29. The lowest BCUT2D eigenvalue weighted by atomic mass is 10.0. The van der Waals surface area contributed by atoms with Gasteiger partial charge in [-0.2, -0.15) is 4.98 Å². The maximum Gasteiger partial charge on any atom is 0.239 e. The molecule has 0 amide bonds. The van der Waals surface area contributed by atoms with Crippen LogP contribution in [0.4, 0.5) is 11.8 Å². The molecule has 1 aliphatic heterocycles. The first-order valence-corrected chi connectivity index (χ1v) is 6.27. The Labute approximate surface area is 106 Å². The van der Waals surface area contributed by atoms with E-state index in [-0.39, 0.29) is 0 Å². The molecule has 1 aromatic heterocycles. The number of halogens is 1. The predicted octanol–water partition coefficient (Wildman–Crippen LogP) is 2.04. The van der Waals surface area contributed by atoms with Crippen LogP contribution in [-0.2, 0) is 0 Å². The third-order valence-electron chi connectivity index (χ3n) is 3.20. The fraction of sp³-hybridized carbons (Fsp3) is 0.636. The SMILES string of the molecule is CC(C)C1CCCN1c1nc(NN)ncc1Cl. The number of nitrogen functional groups attached to an aromatic ring is 1. The van der Waals surface area contributed by atoms with Crippen LogP contribution in [0.1, 0.15) is 26.7 Å². The number of hydrogen-bond acceptors (Lipinski definition) is 5. The lowest BCUT2D eigenvalue weighted by molar-refractivity contribution is 0.489. The molecule has 0 saturated carbocycles. The van der Waals surface area contributed by atoms with E-state index in [1.54, 1.807) is 6.20 Å². The van der Waals surface area contributed by atoms with E-state index in [9.17, 15) is 0 Å². The second-order valence-corrected chi connectivity index (χ2v) is 5.06. The summed E-state index contributed by atoms with van der Waals surface area (Å²) in [5.74, 6) is 7.09. The molecule has 0 aromatic carbocycles. The first-order chi connectivity index (χ1) is 8.13. The van der Waals surface area contributed by atoms with Gasteiger partial charge in [0.1, 0.15) is 5.02 Å². The van der Waals surface area contributed by atoms with Crippen LogP contribution in [0.5, 0.6) is 0 Å². The minimum atomic E-state index is 0.402. The van der Waals surface area contributed by atoms with Crippen molar-refractivity contribution in [3.05, 3.63) is 11.2 Å². The maximum atomic E-state index is 6.17. The Hall–Kier alpha value is -1.07. The summed E-state index contributed by atoms with van der Waals surface area (Å²) in [6, 6.07) is 0.494. The van der Waals surface area contributed by atoms with Gasteiger partial charge in [0.05, 0.1) is 6.20 Å². The standard InChI is InChI=1S/C11H18ClN5/c1-7(2)9-4-3-5-17(9)10-8(12)6-14-11(15-10)16-13/h6-7,9H,3-5,13H2,1-2H3,(H,14,15,16). The maximum absolute atomic E-state index is 6.17. The van der Waals surface area contributed by atoms with Crippen molar-refractivity contribution in [3.8, 4) is 0 Å². The van der Waals surface area contributed by atoms with E-state index in [2.05, 4.69) is 34.1 Å². The molecule has 5 nitrogen and oxygen atoms in total. The first kappa shape index (κ1) is 12.4. The number of anilines is 2. The quantitative estimate of drug-likeness (QED) is 0.639. The summed E-state index contributed by atoms with van der Waals surface area (Å²) in [6.45, 7) is 5.43. The second kappa shape index (κ2) is 5.06. The molecule has 0 bridgehead atoms. The number of hydrazine groups is 1. The van der Waals surface area contributed by atoms with E-state index in [4.69, 9.17) is 17.4 Å². The molecule has 1 fully saturated rings. The van der Waals surface area contributed by atoms with Crippen molar-refractivity contribution < 1.29 is 0 Å². The molecule has 3 N–H and O–H groups in total. The number of nitrogens with two attached hydrogens (primary N) is 1. The van der Waals surface area contributed by atoms with E-state index in [1.807, 2.05) is 0 Å². The molecule has 1 aromatic rings. The normalized spacial score (nSPS) is 20.1. The minimum Gasteiger partial charge on any atom is -0.352 e. The van der Waals surface area contributed by atoms with E-state index in [0.29, 0.717) is 22.9 Å². The molecule has 0 radical (unpaired) electrons. The zero-order valence-electron chi connectivity index (χ0n) is 10.2. The molecule has 2 heterocycles. The van der Waals surface area contributed by atoms with Crippen molar-refractivity contribution in [1.82, 2.24) is 9.97 Å². The summed E-state index contributed by atoms with van der Waals surface area (Å²) in [7, 11) is 0. The van der Waals surface area contributed by atoms with Crippen molar-refractivity contribution in [2.45, 2.75) is 32.7 Å². The zero-order chi connectivity index (χ0) is 12.4. The number of nitrogens with zero attached hydrogens (tertiary/aromatic N) is 3. The number of hydrogen-bond donors (Lipinski definition) is 2. The Morgan fingerprint density at radius 3 is 3.00 bits per heavy atom. The van der Waals surface area contributed by atoms with Crippen LogP contribution in [-0.4, -0.2) is 22.6 Å². The van der Waals surface area contributed by atoms with Gasteiger partial charge in [0, 0.05) is 12.6 Å². The van der Waals surface area contributed by atoms with E-state index in [1.165, 1.54) is 12.8 Å². The van der Waals surface area contributed by atoms with Crippen molar-refractivity contribution in [2.75, 3.05) is 16.9 Å². The average Bonchev–Trinajstić information content (AvgIpc) is 2.78. The average molecular weight is 256 g/mol. The molecule has 1 unspecified atom stereocenters. The van der Waals surface area contributed by atoms with Crippen LogP contribution >= 0.6 is 11.6 Å². The van der Waals surface area contributed by atoms with Crippen molar-refractivity contribution in [1.29, 1.82) is 0 Å². The van der Waals surface area contributed by atoms with Gasteiger partial charge in [0.15, 0.2) is 5.82 Å². The Balaban J connectivity index is 2.32. The Kier molecular flexibility index (Phi) is 3.69. The largest absolute Gasteiger partial charge is 0.352 e. The Bertz CT molecular complexity index is 395. The molecule has 17 heavy (non-hydrogen) atoms. The topological polar surface area (TPSA) is 67.1 Å². The van der Waals surface area contributed by atoms with Gasteiger partial charge in [-0.15, -0.1) is 0 Å². The van der Waals surface area contributed by atoms with Gasteiger partial charge in [-0.1, -0.05) is 25.4 Å². The Morgan fingerprint density at radius 1 is 1.59 bits per heavy atom. The van der Waals surface area contributed by atoms with Gasteiger partial charge in [-0.05, 0) is 18.8 Å². The molecular formula is C11H18ClN5. The molecular weight excluding hydrogens is 238 g/mol. The molecule has 2 rings (SSSR count). The summed E-state index contributed by atoms with van der Waals surface area (Å²) in [5.41, 5.74) is 2.45. The second-order valence-electron chi connectivity index (χ2n) is 4.66. The van der Waals surface area contributed by atoms with Crippen LogP contribution in [0.15, 0.2) is 6.20 Å². The van der Waals surface area contributed by atoms with Crippen molar-refractivity contribution in [2.24, 2.45) is 11.8 Å². The highest BCUT2D eigenvalue weighted by atomic mass is 35.5. The molecule has 1 aliphatic rings. The molecule has 1 saturated heterocycles. The van der Waals surface area contributed by atoms with Gasteiger partial charge in [-0.25, -0.2) is 10.8 Å². The van der Waals surface area contributed by atoms with Crippen LogP contribution in [0, 0.1) is 5.92 Å². The summed E-state index contributed by atoms with van der Waals surface area (Å²) >= 11 is 6.17. The smallest absolute Gasteiger partial charge is 0.239 e. The van der Waals surface area contributed by atoms with Crippen LogP contribution in [0.3, 0.4) is 0 Å². The molecule has 0 aliphatic carbocycles. The number of aromatic nitrogens is 2. The Morgan fingerprint density at radius 2 is 2.35 bits per heavy atom. The third-order valence-corrected chi connectivity index (χ3v) is 3.46.